The van der Waals surface area contributed by atoms with E-state index in [2.05, 4.69) is 5.32 Å². The van der Waals surface area contributed by atoms with Crippen LogP contribution in [0.4, 0.5) is 4.79 Å². The number of carbonyl (C=O) groups is 2. The summed E-state index contributed by atoms with van der Waals surface area (Å²) in [5.74, 6) is 0.0851. The first-order valence-electron chi connectivity index (χ1n) is 8.14. The van der Waals surface area contributed by atoms with E-state index in [1.165, 1.54) is 5.57 Å². The molecule has 0 atom stereocenters. The van der Waals surface area contributed by atoms with Crippen LogP contribution in [-0.2, 0) is 11.2 Å². The van der Waals surface area contributed by atoms with Gasteiger partial charge in [-0.2, -0.15) is 0 Å². The van der Waals surface area contributed by atoms with Crippen LogP contribution >= 0.6 is 11.6 Å². The largest absolute Gasteiger partial charge is 0.339 e. The van der Waals surface area contributed by atoms with E-state index < -0.39 is 0 Å². The molecule has 0 aromatic heterocycles. The number of nitrogens with zero attached hydrogens (tertiary/aromatic N) is 2. The number of piperazine rings is 1. The van der Waals surface area contributed by atoms with Crippen LogP contribution in [0.2, 0.25) is 5.02 Å². The Labute approximate surface area is 148 Å². The minimum absolute atomic E-state index is 0.0719. The molecule has 0 unspecified atom stereocenters. The van der Waals surface area contributed by atoms with Crippen molar-refractivity contribution in [2.45, 2.75) is 20.3 Å². The lowest BCUT2D eigenvalue weighted by molar-refractivity contribution is -0.131. The summed E-state index contributed by atoms with van der Waals surface area (Å²) in [4.78, 5) is 28.0. The fraction of sp³-hybridized carbons (Fsp3) is 0.444. The number of amides is 3. The summed E-state index contributed by atoms with van der Waals surface area (Å²) in [5.41, 5.74) is 2.12. The number of carbonyl (C=O) groups excluding carboxylic acids is 2. The van der Waals surface area contributed by atoms with E-state index in [4.69, 9.17) is 11.6 Å². The summed E-state index contributed by atoms with van der Waals surface area (Å²) >= 11 is 5.85. The van der Waals surface area contributed by atoms with Gasteiger partial charge in [0, 0.05) is 37.7 Å². The molecule has 1 aliphatic rings. The predicted molar refractivity (Wildman–Crippen MR) is 96.1 cm³/mol. The average molecular weight is 350 g/mol. The van der Waals surface area contributed by atoms with E-state index in [9.17, 15) is 9.59 Å². The number of rotatable bonds is 4. The second-order valence-corrected chi connectivity index (χ2v) is 6.58. The van der Waals surface area contributed by atoms with E-state index in [1.54, 1.807) is 17.0 Å². The lowest BCUT2D eigenvalue weighted by Gasteiger charge is -2.34. The molecule has 0 bridgehead atoms. The highest BCUT2D eigenvalue weighted by molar-refractivity contribution is 6.30. The quantitative estimate of drug-likeness (QED) is 0.850. The van der Waals surface area contributed by atoms with E-state index in [0.29, 0.717) is 44.2 Å². The molecule has 2 rings (SSSR count). The van der Waals surface area contributed by atoms with Crippen LogP contribution in [0.15, 0.2) is 35.9 Å². The molecule has 5 nitrogen and oxygen atoms in total. The standard InChI is InChI=1S/C18H24ClN3O2/c1-14(2)7-8-20-18(24)22-11-9-21(10-12-22)17(23)13-15-3-5-16(19)6-4-15/h3-7H,8-13H2,1-2H3,(H,20,24). The molecular formula is C18H24ClN3O2. The molecule has 6 heteroatoms. The summed E-state index contributed by atoms with van der Waals surface area (Å²) < 4.78 is 0. The third-order valence-electron chi connectivity index (χ3n) is 3.95. The topological polar surface area (TPSA) is 52.7 Å². The highest BCUT2D eigenvalue weighted by Crippen LogP contribution is 2.12. The van der Waals surface area contributed by atoms with Crippen molar-refractivity contribution in [1.29, 1.82) is 0 Å². The Morgan fingerprint density at radius 3 is 2.25 bits per heavy atom. The maximum Gasteiger partial charge on any atom is 0.317 e. The van der Waals surface area contributed by atoms with E-state index in [0.717, 1.165) is 5.56 Å². The average Bonchev–Trinajstić information content (AvgIpc) is 2.56. The highest BCUT2D eigenvalue weighted by atomic mass is 35.5. The normalized spacial score (nSPS) is 14.3. The van der Waals surface area contributed by atoms with Gasteiger partial charge < -0.3 is 15.1 Å². The number of nitrogens with one attached hydrogen (secondary N) is 1. The van der Waals surface area contributed by atoms with Gasteiger partial charge in [0.05, 0.1) is 6.42 Å². The Bertz CT molecular complexity index is 601. The number of urea groups is 1. The zero-order chi connectivity index (χ0) is 17.5. The molecule has 1 aliphatic heterocycles. The van der Waals surface area contributed by atoms with Crippen LogP contribution in [0.5, 0.6) is 0 Å². The molecule has 0 radical (unpaired) electrons. The molecule has 0 spiro atoms. The maximum absolute atomic E-state index is 12.3. The van der Waals surface area contributed by atoms with Gasteiger partial charge in [-0.3, -0.25) is 4.79 Å². The van der Waals surface area contributed by atoms with Crippen LogP contribution in [0.25, 0.3) is 0 Å². The molecule has 3 amide bonds. The smallest absolute Gasteiger partial charge is 0.317 e. The van der Waals surface area contributed by atoms with Gasteiger partial charge >= 0.3 is 6.03 Å². The first-order chi connectivity index (χ1) is 11.5. The molecule has 1 saturated heterocycles. The zero-order valence-corrected chi connectivity index (χ0v) is 15.0. The first-order valence-corrected chi connectivity index (χ1v) is 8.52. The number of allylic oxidation sites excluding steroid dienone is 1. The van der Waals surface area contributed by atoms with Gasteiger partial charge in [0.1, 0.15) is 0 Å². The van der Waals surface area contributed by atoms with Crippen molar-refractivity contribution >= 4 is 23.5 Å². The fourth-order valence-electron chi connectivity index (χ4n) is 2.50. The van der Waals surface area contributed by atoms with Crippen molar-refractivity contribution in [2.24, 2.45) is 0 Å². The van der Waals surface area contributed by atoms with Crippen LogP contribution in [0, 0.1) is 0 Å². The van der Waals surface area contributed by atoms with Crippen LogP contribution in [0.1, 0.15) is 19.4 Å². The third-order valence-corrected chi connectivity index (χ3v) is 4.20. The monoisotopic (exact) mass is 349 g/mol. The molecule has 0 aliphatic carbocycles. The molecule has 0 saturated carbocycles. The molecule has 130 valence electrons. The van der Waals surface area contributed by atoms with Crippen molar-refractivity contribution in [3.8, 4) is 0 Å². The summed E-state index contributed by atoms with van der Waals surface area (Å²) in [6, 6.07) is 7.25. The van der Waals surface area contributed by atoms with E-state index in [1.807, 2.05) is 37.0 Å². The van der Waals surface area contributed by atoms with Gasteiger partial charge in [-0.15, -0.1) is 0 Å². The van der Waals surface area contributed by atoms with Crippen molar-refractivity contribution in [2.75, 3.05) is 32.7 Å². The van der Waals surface area contributed by atoms with Gasteiger partial charge in [-0.1, -0.05) is 35.4 Å². The maximum atomic E-state index is 12.3. The molecule has 24 heavy (non-hydrogen) atoms. The van der Waals surface area contributed by atoms with Crippen molar-refractivity contribution in [3.63, 3.8) is 0 Å². The molecular weight excluding hydrogens is 326 g/mol. The SMILES string of the molecule is CC(C)=CCNC(=O)N1CCN(C(=O)Cc2ccc(Cl)cc2)CC1. The van der Waals surface area contributed by atoms with E-state index >= 15 is 0 Å². The van der Waals surface area contributed by atoms with Crippen LogP contribution in [0.3, 0.4) is 0 Å². The molecule has 1 fully saturated rings. The highest BCUT2D eigenvalue weighted by Gasteiger charge is 2.23. The minimum atomic E-state index is -0.0719. The van der Waals surface area contributed by atoms with Crippen molar-refractivity contribution in [1.82, 2.24) is 15.1 Å². The summed E-state index contributed by atoms with van der Waals surface area (Å²) in [6.45, 7) is 6.80. The number of halogens is 1. The van der Waals surface area contributed by atoms with Gasteiger partial charge in [0.15, 0.2) is 0 Å². The second-order valence-electron chi connectivity index (χ2n) is 6.14. The molecule has 1 heterocycles. The molecule has 1 aromatic carbocycles. The predicted octanol–water partition coefficient (Wildman–Crippen LogP) is 2.70. The minimum Gasteiger partial charge on any atom is -0.339 e. The molecule has 1 aromatic rings. The van der Waals surface area contributed by atoms with Crippen LogP contribution < -0.4 is 5.32 Å². The van der Waals surface area contributed by atoms with Gasteiger partial charge in [-0.05, 0) is 31.5 Å². The summed E-state index contributed by atoms with van der Waals surface area (Å²) in [7, 11) is 0. The molecule has 1 N–H and O–H groups in total. The van der Waals surface area contributed by atoms with Crippen molar-refractivity contribution in [3.05, 3.63) is 46.5 Å². The summed E-state index contributed by atoms with van der Waals surface area (Å²) in [6.07, 6.45) is 2.34. The number of benzene rings is 1. The number of hydrogen-bond acceptors (Lipinski definition) is 2. The van der Waals surface area contributed by atoms with Crippen molar-refractivity contribution < 1.29 is 9.59 Å². The van der Waals surface area contributed by atoms with Gasteiger partial charge in [0.25, 0.3) is 0 Å². The second kappa shape index (κ2) is 8.73. The third kappa shape index (κ3) is 5.57. The lowest BCUT2D eigenvalue weighted by atomic mass is 10.1. The fourth-order valence-corrected chi connectivity index (χ4v) is 2.63. The summed E-state index contributed by atoms with van der Waals surface area (Å²) in [5, 5.41) is 3.53. The first kappa shape index (κ1) is 18.3. The zero-order valence-electron chi connectivity index (χ0n) is 14.2. The van der Waals surface area contributed by atoms with Crippen LogP contribution in [-0.4, -0.2) is 54.5 Å². The Hall–Kier alpha value is -2.01. The van der Waals surface area contributed by atoms with Gasteiger partial charge in [0.2, 0.25) is 5.91 Å². The Balaban J connectivity index is 1.77. The Morgan fingerprint density at radius 2 is 1.67 bits per heavy atom. The lowest BCUT2D eigenvalue weighted by Crippen LogP contribution is -2.53. The Kier molecular flexibility index (Phi) is 6.67. The van der Waals surface area contributed by atoms with E-state index in [-0.39, 0.29) is 11.9 Å². The van der Waals surface area contributed by atoms with Gasteiger partial charge in [-0.25, -0.2) is 4.79 Å². The Morgan fingerprint density at radius 1 is 1.08 bits per heavy atom. The number of hydrogen-bond donors (Lipinski definition) is 1.